The fourth-order valence-corrected chi connectivity index (χ4v) is 2.94. The highest BCUT2D eigenvalue weighted by molar-refractivity contribution is 9.10. The number of fused-ring (bicyclic) bond motifs is 3. The van der Waals surface area contributed by atoms with Crippen molar-refractivity contribution in [2.75, 3.05) is 5.32 Å². The molecule has 2 nitrogen and oxygen atoms in total. The average Bonchev–Trinajstić information content (AvgIpc) is 2.87. The zero-order chi connectivity index (χ0) is 9.87. The third-order valence-corrected chi connectivity index (χ3v) is 3.62. The molecular weight excluding hydrogens is 265 g/mol. The van der Waals surface area contributed by atoms with Crippen molar-refractivity contribution in [2.45, 2.75) is 12.3 Å². The number of anilines is 1. The van der Waals surface area contributed by atoms with Gasteiger partial charge >= 0.3 is 0 Å². The van der Waals surface area contributed by atoms with Gasteiger partial charge in [-0.15, -0.1) is 0 Å². The average molecular weight is 273 g/mol. The molecule has 0 aromatic heterocycles. The summed E-state index contributed by atoms with van der Waals surface area (Å²) >= 11 is 9.46. The summed E-state index contributed by atoms with van der Waals surface area (Å²) in [5, 5.41) is 3.47. The molecule has 0 bridgehead atoms. The second-order valence-corrected chi connectivity index (χ2v) is 5.11. The predicted molar refractivity (Wildman–Crippen MR) is 58.6 cm³/mol. The first kappa shape index (κ1) is 8.74. The maximum atomic E-state index is 11.5. The zero-order valence-electron chi connectivity index (χ0n) is 7.18. The Bertz CT molecular complexity index is 446. The van der Waals surface area contributed by atoms with Crippen molar-refractivity contribution in [2.24, 2.45) is 5.92 Å². The minimum atomic E-state index is 0.117. The third kappa shape index (κ3) is 1.12. The van der Waals surface area contributed by atoms with E-state index in [-0.39, 0.29) is 11.8 Å². The summed E-state index contributed by atoms with van der Waals surface area (Å²) in [5.41, 5.74) is 1.98. The number of carbonyl (C=O) groups excluding carboxylic acids is 1. The molecule has 1 aromatic carbocycles. The summed E-state index contributed by atoms with van der Waals surface area (Å²) in [6.07, 6.45) is 0.964. The quantitative estimate of drug-likeness (QED) is 0.772. The molecule has 1 saturated carbocycles. The molecule has 1 fully saturated rings. The van der Waals surface area contributed by atoms with Crippen LogP contribution >= 0.6 is 27.5 Å². The molecule has 2 aliphatic rings. The Morgan fingerprint density at radius 2 is 2.21 bits per heavy atom. The lowest BCUT2D eigenvalue weighted by molar-refractivity contribution is -0.117. The molecule has 14 heavy (non-hydrogen) atoms. The number of nitrogens with one attached hydrogen (secondary N) is 1. The van der Waals surface area contributed by atoms with E-state index in [9.17, 15) is 4.79 Å². The van der Waals surface area contributed by atoms with Gasteiger partial charge in [-0.05, 0) is 30.0 Å². The van der Waals surface area contributed by atoms with Gasteiger partial charge in [-0.1, -0.05) is 27.5 Å². The Hall–Kier alpha value is -0.540. The van der Waals surface area contributed by atoms with Crippen LogP contribution in [0.1, 0.15) is 17.9 Å². The molecule has 1 heterocycles. The van der Waals surface area contributed by atoms with Crippen LogP contribution in [0.5, 0.6) is 0 Å². The standard InChI is InChI=1S/C10H7BrClNO/c11-4-1-6-5-3-7(5)10(14)13-9(6)8(12)2-4/h1-2,5,7H,3H2,(H,13,14). The number of hydrogen-bond acceptors (Lipinski definition) is 1. The van der Waals surface area contributed by atoms with Crippen molar-refractivity contribution >= 4 is 39.1 Å². The van der Waals surface area contributed by atoms with Crippen molar-refractivity contribution in [1.29, 1.82) is 0 Å². The first-order valence-electron chi connectivity index (χ1n) is 4.46. The Balaban J connectivity index is 2.20. The Morgan fingerprint density at radius 3 is 3.00 bits per heavy atom. The van der Waals surface area contributed by atoms with Gasteiger partial charge in [0.05, 0.1) is 10.7 Å². The van der Waals surface area contributed by atoms with E-state index in [1.807, 2.05) is 12.1 Å². The van der Waals surface area contributed by atoms with Gasteiger partial charge in [-0.25, -0.2) is 0 Å². The van der Waals surface area contributed by atoms with Crippen molar-refractivity contribution in [3.05, 3.63) is 27.2 Å². The Morgan fingerprint density at radius 1 is 1.43 bits per heavy atom. The second-order valence-electron chi connectivity index (χ2n) is 3.79. The molecule has 1 aliphatic carbocycles. The van der Waals surface area contributed by atoms with Gasteiger partial charge in [0.15, 0.2) is 0 Å². The topological polar surface area (TPSA) is 29.1 Å². The second kappa shape index (κ2) is 2.74. The lowest BCUT2D eigenvalue weighted by Crippen LogP contribution is -2.20. The number of halogens is 2. The summed E-state index contributed by atoms with van der Waals surface area (Å²) in [4.78, 5) is 11.5. The van der Waals surface area contributed by atoms with Crippen molar-refractivity contribution in [3.63, 3.8) is 0 Å². The summed E-state index contributed by atoms with van der Waals surface area (Å²) in [6, 6.07) is 3.86. The van der Waals surface area contributed by atoms with E-state index in [0.717, 1.165) is 16.6 Å². The summed E-state index contributed by atoms with van der Waals surface area (Å²) in [7, 11) is 0. The first-order chi connectivity index (χ1) is 6.66. The molecular formula is C10H7BrClNO. The van der Waals surface area contributed by atoms with E-state index < -0.39 is 0 Å². The van der Waals surface area contributed by atoms with Gasteiger partial charge in [-0.3, -0.25) is 4.79 Å². The zero-order valence-corrected chi connectivity index (χ0v) is 9.52. The van der Waals surface area contributed by atoms with Crippen molar-refractivity contribution in [3.8, 4) is 0 Å². The minimum absolute atomic E-state index is 0.117. The molecule has 1 aromatic rings. The van der Waals surface area contributed by atoms with Gasteiger partial charge in [0.1, 0.15) is 0 Å². The van der Waals surface area contributed by atoms with Crippen molar-refractivity contribution in [1.82, 2.24) is 0 Å². The fourth-order valence-electron chi connectivity index (χ4n) is 2.06. The van der Waals surface area contributed by atoms with E-state index in [1.165, 1.54) is 5.56 Å². The van der Waals surface area contributed by atoms with Crippen LogP contribution in [0.3, 0.4) is 0 Å². The maximum absolute atomic E-state index is 11.5. The first-order valence-corrected chi connectivity index (χ1v) is 5.63. The van der Waals surface area contributed by atoms with Crippen LogP contribution in [0, 0.1) is 5.92 Å². The van der Waals surface area contributed by atoms with E-state index in [4.69, 9.17) is 11.6 Å². The van der Waals surface area contributed by atoms with E-state index in [2.05, 4.69) is 21.2 Å². The number of benzene rings is 1. The largest absolute Gasteiger partial charge is 0.324 e. The number of rotatable bonds is 0. The molecule has 1 amide bonds. The van der Waals surface area contributed by atoms with Gasteiger partial charge in [-0.2, -0.15) is 0 Å². The van der Waals surface area contributed by atoms with Gasteiger partial charge in [0.2, 0.25) is 5.91 Å². The molecule has 2 unspecified atom stereocenters. The molecule has 0 radical (unpaired) electrons. The molecule has 0 spiro atoms. The number of hydrogen-bond donors (Lipinski definition) is 1. The van der Waals surface area contributed by atoms with Crippen LogP contribution in [-0.4, -0.2) is 5.91 Å². The number of carbonyl (C=O) groups is 1. The van der Waals surface area contributed by atoms with Gasteiger partial charge in [0, 0.05) is 10.4 Å². The number of amides is 1. The molecule has 4 heteroatoms. The molecule has 0 saturated heterocycles. The van der Waals surface area contributed by atoms with E-state index in [1.54, 1.807) is 0 Å². The highest BCUT2D eigenvalue weighted by Gasteiger charge is 2.48. The lowest BCUT2D eigenvalue weighted by Gasteiger charge is -2.17. The summed E-state index contributed by atoms with van der Waals surface area (Å²) in [6.45, 7) is 0. The normalized spacial score (nSPS) is 27.7. The van der Waals surface area contributed by atoms with Crippen LogP contribution in [-0.2, 0) is 4.79 Å². The minimum Gasteiger partial charge on any atom is -0.324 e. The summed E-state index contributed by atoms with van der Waals surface area (Å²) in [5.74, 6) is 0.702. The highest BCUT2D eigenvalue weighted by atomic mass is 79.9. The van der Waals surface area contributed by atoms with Crippen LogP contribution in [0.25, 0.3) is 0 Å². The third-order valence-electron chi connectivity index (χ3n) is 2.86. The SMILES string of the molecule is O=C1Nc2c(Cl)cc(Br)cc2C2CC12. The van der Waals surface area contributed by atoms with Gasteiger partial charge in [0.25, 0.3) is 0 Å². The lowest BCUT2D eigenvalue weighted by atomic mass is 10.0. The predicted octanol–water partition coefficient (Wildman–Crippen LogP) is 3.16. The molecule has 1 N–H and O–H groups in total. The fraction of sp³-hybridized carbons (Fsp3) is 0.300. The van der Waals surface area contributed by atoms with Crippen molar-refractivity contribution < 1.29 is 4.79 Å². The van der Waals surface area contributed by atoms with Crippen LogP contribution < -0.4 is 5.32 Å². The molecule has 3 rings (SSSR count). The monoisotopic (exact) mass is 271 g/mol. The smallest absolute Gasteiger partial charge is 0.228 e. The Kier molecular flexibility index (Phi) is 1.71. The van der Waals surface area contributed by atoms with E-state index >= 15 is 0 Å². The van der Waals surface area contributed by atoms with Crippen LogP contribution in [0.4, 0.5) is 5.69 Å². The van der Waals surface area contributed by atoms with Crippen LogP contribution in [0.2, 0.25) is 5.02 Å². The molecule has 2 atom stereocenters. The molecule has 1 aliphatic heterocycles. The maximum Gasteiger partial charge on any atom is 0.228 e. The van der Waals surface area contributed by atoms with E-state index in [0.29, 0.717) is 10.9 Å². The Labute approximate surface area is 94.8 Å². The van der Waals surface area contributed by atoms with Crippen LogP contribution in [0.15, 0.2) is 16.6 Å². The molecule has 72 valence electrons. The van der Waals surface area contributed by atoms with Gasteiger partial charge < -0.3 is 5.32 Å². The highest BCUT2D eigenvalue weighted by Crippen LogP contribution is 2.55. The summed E-state index contributed by atoms with van der Waals surface area (Å²) < 4.78 is 0.975.